The third-order valence-corrected chi connectivity index (χ3v) is 5.15. The second kappa shape index (κ2) is 7.27. The van der Waals surface area contributed by atoms with Gasteiger partial charge in [0.1, 0.15) is 23.7 Å². The number of hydrogen-bond donors (Lipinski definition) is 3. The van der Waals surface area contributed by atoms with Crippen LogP contribution in [0.15, 0.2) is 36.8 Å². The van der Waals surface area contributed by atoms with Gasteiger partial charge in [-0.05, 0) is 24.6 Å². The molecule has 3 heterocycles. The molecule has 4 rings (SSSR count). The van der Waals surface area contributed by atoms with E-state index in [1.807, 2.05) is 6.92 Å². The Morgan fingerprint density at radius 2 is 2.10 bits per heavy atom. The Balaban J connectivity index is 1.73. The molecule has 0 radical (unpaired) electrons. The van der Waals surface area contributed by atoms with Crippen LogP contribution < -0.4 is 5.32 Å². The topological polar surface area (TPSA) is 91.9 Å². The fourth-order valence-electron chi connectivity index (χ4n) is 3.60. The van der Waals surface area contributed by atoms with Crippen molar-refractivity contribution in [2.75, 3.05) is 13.2 Å². The summed E-state index contributed by atoms with van der Waals surface area (Å²) in [5.74, 6) is -1.18. The van der Waals surface area contributed by atoms with E-state index >= 15 is 0 Å². The number of fused-ring (bicyclic) bond motifs is 1. The molecule has 0 amide bonds. The van der Waals surface area contributed by atoms with E-state index in [1.54, 1.807) is 12.4 Å². The molecule has 2 aromatic heterocycles. The number of aliphatic hydroxyl groups is 2. The Morgan fingerprint density at radius 1 is 1.33 bits per heavy atom. The fraction of sp³-hybridized carbons (Fsp3) is 0.368. The predicted octanol–water partition coefficient (Wildman–Crippen LogP) is 2.06. The molecule has 1 fully saturated rings. The molecule has 3 aromatic rings. The second-order valence-corrected chi connectivity index (χ2v) is 7.24. The highest BCUT2D eigenvalue weighted by Gasteiger charge is 2.48. The Morgan fingerprint density at radius 3 is 2.73 bits per heavy atom. The van der Waals surface area contributed by atoms with Crippen LogP contribution in [0.5, 0.6) is 0 Å². The summed E-state index contributed by atoms with van der Waals surface area (Å²) >= 11 is 0. The van der Waals surface area contributed by atoms with Gasteiger partial charge in [0.15, 0.2) is 5.65 Å². The van der Waals surface area contributed by atoms with Gasteiger partial charge < -0.3 is 14.9 Å². The van der Waals surface area contributed by atoms with Crippen molar-refractivity contribution in [1.82, 2.24) is 19.9 Å². The van der Waals surface area contributed by atoms with Gasteiger partial charge in [0.2, 0.25) is 0 Å². The van der Waals surface area contributed by atoms with E-state index in [0.29, 0.717) is 11.7 Å². The first kappa shape index (κ1) is 20.7. The lowest BCUT2D eigenvalue weighted by Gasteiger charge is -2.35. The smallest absolute Gasteiger partial charge is 0.388 e. The zero-order valence-corrected chi connectivity index (χ0v) is 15.7. The van der Waals surface area contributed by atoms with Crippen molar-refractivity contribution in [3.63, 3.8) is 0 Å². The first-order valence-corrected chi connectivity index (χ1v) is 9.00. The molecule has 11 heteroatoms. The van der Waals surface area contributed by atoms with Gasteiger partial charge in [-0.15, -0.1) is 0 Å². The summed E-state index contributed by atoms with van der Waals surface area (Å²) in [6.45, 7) is 1.36. The molecule has 0 saturated carbocycles. The largest absolute Gasteiger partial charge is 0.416 e. The van der Waals surface area contributed by atoms with Gasteiger partial charge in [0.05, 0.1) is 30.5 Å². The number of halogens is 4. The van der Waals surface area contributed by atoms with Crippen molar-refractivity contribution >= 4 is 5.65 Å². The second-order valence-electron chi connectivity index (χ2n) is 7.24. The van der Waals surface area contributed by atoms with Crippen molar-refractivity contribution in [1.29, 1.82) is 0 Å². The number of rotatable bonds is 4. The summed E-state index contributed by atoms with van der Waals surface area (Å²) < 4.78 is 60.1. The quantitative estimate of drug-likeness (QED) is 0.437. The summed E-state index contributed by atoms with van der Waals surface area (Å²) in [7, 11) is 0. The predicted molar refractivity (Wildman–Crippen MR) is 95.7 cm³/mol. The highest BCUT2D eigenvalue weighted by atomic mass is 19.4. The van der Waals surface area contributed by atoms with Crippen LogP contribution >= 0.6 is 0 Å². The van der Waals surface area contributed by atoms with E-state index < -0.39 is 35.4 Å². The average Bonchev–Trinajstić information content (AvgIpc) is 3.24. The third kappa shape index (κ3) is 3.43. The molecule has 1 saturated heterocycles. The number of aliphatic hydroxyl groups excluding tert-OH is 2. The molecule has 7 nitrogen and oxygen atoms in total. The minimum absolute atomic E-state index is 0.188. The van der Waals surface area contributed by atoms with Crippen LogP contribution in [0.1, 0.15) is 28.5 Å². The molecule has 0 spiro atoms. The summed E-state index contributed by atoms with van der Waals surface area (Å²) in [5.41, 5.74) is -1.66. The highest BCUT2D eigenvalue weighted by Crippen LogP contribution is 2.38. The average molecular weight is 426 g/mol. The molecule has 3 atom stereocenters. The number of ether oxygens (including phenoxy) is 1. The summed E-state index contributed by atoms with van der Waals surface area (Å²) in [4.78, 5) is 4.21. The maximum atomic E-state index is 14.7. The van der Waals surface area contributed by atoms with Crippen LogP contribution in [0, 0.1) is 12.7 Å². The van der Waals surface area contributed by atoms with Crippen LogP contribution in [0.4, 0.5) is 17.6 Å². The standard InChI is InChI=1S/C19H18F4N4O3/c1-10-5-24-16-12(6-25-27(16)7-10)17(29)26-18(9-30-8-15(18)28)13-3-2-11(4-14(13)20)19(21,22)23/h2-7,15,17,26,28-29H,8-9H2,1H3. The lowest BCUT2D eigenvalue weighted by Crippen LogP contribution is -2.53. The summed E-state index contributed by atoms with van der Waals surface area (Å²) in [6, 6.07) is 2.02. The van der Waals surface area contributed by atoms with E-state index in [2.05, 4.69) is 15.4 Å². The molecule has 0 aliphatic carbocycles. The zero-order chi connectivity index (χ0) is 21.7. The Bertz CT molecular complexity index is 1090. The molecular formula is C19H18F4N4O3. The molecule has 1 aromatic carbocycles. The molecule has 3 unspecified atom stereocenters. The van der Waals surface area contributed by atoms with Gasteiger partial charge in [-0.1, -0.05) is 6.07 Å². The van der Waals surface area contributed by atoms with Gasteiger partial charge in [0.25, 0.3) is 0 Å². The van der Waals surface area contributed by atoms with Gasteiger partial charge in [-0.25, -0.2) is 13.9 Å². The van der Waals surface area contributed by atoms with Crippen molar-refractivity contribution in [3.05, 3.63) is 64.9 Å². The summed E-state index contributed by atoms with van der Waals surface area (Å²) in [6.07, 6.45) is -2.88. The van der Waals surface area contributed by atoms with Gasteiger partial charge in [-0.3, -0.25) is 5.32 Å². The Hall–Kier alpha value is -2.60. The van der Waals surface area contributed by atoms with Crippen LogP contribution in [0.2, 0.25) is 0 Å². The van der Waals surface area contributed by atoms with Crippen molar-refractivity contribution in [2.24, 2.45) is 0 Å². The minimum Gasteiger partial charge on any atom is -0.388 e. The Kier molecular flexibility index (Phi) is 5.01. The monoisotopic (exact) mass is 426 g/mol. The van der Waals surface area contributed by atoms with E-state index in [1.165, 1.54) is 10.7 Å². The zero-order valence-electron chi connectivity index (χ0n) is 15.7. The van der Waals surface area contributed by atoms with Crippen molar-refractivity contribution in [3.8, 4) is 0 Å². The van der Waals surface area contributed by atoms with Crippen LogP contribution in [0.3, 0.4) is 0 Å². The molecule has 3 N–H and O–H groups in total. The van der Waals surface area contributed by atoms with Gasteiger partial charge in [0, 0.05) is 18.0 Å². The lowest BCUT2D eigenvalue weighted by atomic mass is 9.85. The maximum absolute atomic E-state index is 14.7. The van der Waals surface area contributed by atoms with E-state index in [-0.39, 0.29) is 24.3 Å². The molecule has 1 aliphatic heterocycles. The molecule has 0 bridgehead atoms. The van der Waals surface area contributed by atoms with E-state index in [9.17, 15) is 27.8 Å². The van der Waals surface area contributed by atoms with Gasteiger partial charge >= 0.3 is 6.18 Å². The highest BCUT2D eigenvalue weighted by molar-refractivity contribution is 5.48. The lowest BCUT2D eigenvalue weighted by molar-refractivity contribution is -0.137. The van der Waals surface area contributed by atoms with Crippen LogP contribution in [0.25, 0.3) is 5.65 Å². The van der Waals surface area contributed by atoms with Crippen molar-refractivity contribution in [2.45, 2.75) is 31.0 Å². The minimum atomic E-state index is -4.72. The van der Waals surface area contributed by atoms with E-state index in [4.69, 9.17) is 4.74 Å². The molecule has 30 heavy (non-hydrogen) atoms. The fourth-order valence-corrected chi connectivity index (χ4v) is 3.60. The third-order valence-electron chi connectivity index (χ3n) is 5.15. The number of aryl methyl sites for hydroxylation is 1. The van der Waals surface area contributed by atoms with Crippen molar-refractivity contribution < 1.29 is 32.5 Å². The first-order valence-electron chi connectivity index (χ1n) is 9.00. The number of alkyl halides is 3. The first-order chi connectivity index (χ1) is 14.1. The van der Waals surface area contributed by atoms with Crippen LogP contribution in [-0.4, -0.2) is 44.1 Å². The molecule has 1 aliphatic rings. The normalized spacial score (nSPS) is 23.2. The SMILES string of the molecule is Cc1cnc2c(C(O)NC3(c4ccc(C(F)(F)F)cc4F)COCC3O)cnn2c1. The number of nitrogens with zero attached hydrogens (tertiary/aromatic N) is 3. The number of hydrogen-bond acceptors (Lipinski definition) is 6. The maximum Gasteiger partial charge on any atom is 0.416 e. The number of nitrogens with one attached hydrogen (secondary N) is 1. The molecule has 160 valence electrons. The molecular weight excluding hydrogens is 408 g/mol. The van der Waals surface area contributed by atoms with Gasteiger partial charge in [-0.2, -0.15) is 18.3 Å². The van der Waals surface area contributed by atoms with Crippen LogP contribution in [-0.2, 0) is 16.5 Å². The number of aromatic nitrogens is 3. The Labute approximate surface area is 167 Å². The summed E-state index contributed by atoms with van der Waals surface area (Å²) in [5, 5.41) is 28.1. The number of benzene rings is 1. The van der Waals surface area contributed by atoms with E-state index in [0.717, 1.165) is 17.7 Å².